The molecule has 2 rings (SSSR count). The van der Waals surface area contributed by atoms with E-state index in [9.17, 15) is 9.59 Å². The van der Waals surface area contributed by atoms with Gasteiger partial charge in [0.2, 0.25) is 0 Å². The van der Waals surface area contributed by atoms with Crippen molar-refractivity contribution in [2.75, 3.05) is 6.61 Å². The highest BCUT2D eigenvalue weighted by molar-refractivity contribution is 7.10. The molecule has 2 aromatic rings. The molecule has 4 nitrogen and oxygen atoms in total. The van der Waals surface area contributed by atoms with Crippen LogP contribution >= 0.6 is 11.3 Å². The number of hydrogen-bond donors (Lipinski definition) is 0. The van der Waals surface area contributed by atoms with Crippen LogP contribution in [0.25, 0.3) is 6.08 Å². The predicted molar refractivity (Wildman–Crippen MR) is 90.6 cm³/mol. The number of esters is 2. The zero-order valence-corrected chi connectivity index (χ0v) is 13.8. The number of hydrogen-bond acceptors (Lipinski definition) is 5. The summed E-state index contributed by atoms with van der Waals surface area (Å²) < 4.78 is 10.4. The van der Waals surface area contributed by atoms with Gasteiger partial charge >= 0.3 is 11.9 Å². The summed E-state index contributed by atoms with van der Waals surface area (Å²) in [5.74, 6) is -0.344. The third-order valence-corrected chi connectivity index (χ3v) is 3.60. The monoisotopic (exact) mass is 330 g/mol. The van der Waals surface area contributed by atoms with E-state index in [1.165, 1.54) is 23.5 Å². The third kappa shape index (κ3) is 5.71. The first kappa shape index (κ1) is 17.0. The molecule has 120 valence electrons. The topological polar surface area (TPSA) is 52.6 Å². The Kier molecular flexibility index (Phi) is 6.11. The van der Waals surface area contributed by atoms with Crippen molar-refractivity contribution >= 4 is 29.4 Å². The summed E-state index contributed by atoms with van der Waals surface area (Å²) >= 11 is 1.53. The molecule has 5 heteroatoms. The number of benzene rings is 1. The van der Waals surface area contributed by atoms with Crippen LogP contribution in [0.2, 0.25) is 0 Å². The lowest BCUT2D eigenvalue weighted by molar-refractivity contribution is -0.128. The third-order valence-electron chi connectivity index (χ3n) is 2.76. The van der Waals surface area contributed by atoms with Crippen LogP contribution in [0, 0.1) is 5.92 Å². The van der Waals surface area contributed by atoms with Crippen LogP contribution < -0.4 is 4.74 Å². The van der Waals surface area contributed by atoms with E-state index in [0.717, 1.165) is 4.88 Å². The Balaban J connectivity index is 1.96. The van der Waals surface area contributed by atoms with E-state index < -0.39 is 11.9 Å². The fourth-order valence-electron chi connectivity index (χ4n) is 1.70. The maximum atomic E-state index is 11.9. The van der Waals surface area contributed by atoms with E-state index in [4.69, 9.17) is 9.47 Å². The molecule has 0 aliphatic carbocycles. The first-order valence-electron chi connectivity index (χ1n) is 7.25. The van der Waals surface area contributed by atoms with Gasteiger partial charge in [-0.3, -0.25) is 0 Å². The summed E-state index contributed by atoms with van der Waals surface area (Å²) in [6, 6.07) is 10.2. The molecule has 0 saturated heterocycles. The summed E-state index contributed by atoms with van der Waals surface area (Å²) in [7, 11) is 0. The summed E-state index contributed by atoms with van der Waals surface area (Å²) in [6.07, 6.45) is 3.04. The van der Waals surface area contributed by atoms with Crippen LogP contribution in [0.15, 0.2) is 47.9 Å². The molecule has 0 amide bonds. The zero-order valence-electron chi connectivity index (χ0n) is 13.0. The average Bonchev–Trinajstić information content (AvgIpc) is 3.04. The molecule has 0 N–H and O–H groups in total. The number of thiophene rings is 1. The summed E-state index contributed by atoms with van der Waals surface area (Å²) in [5, 5.41) is 1.93. The summed E-state index contributed by atoms with van der Waals surface area (Å²) in [6.45, 7) is 4.28. The van der Waals surface area contributed by atoms with Crippen molar-refractivity contribution < 1.29 is 19.1 Å². The first-order chi connectivity index (χ1) is 11.0. The van der Waals surface area contributed by atoms with E-state index in [2.05, 4.69) is 0 Å². The zero-order chi connectivity index (χ0) is 16.7. The van der Waals surface area contributed by atoms with Crippen molar-refractivity contribution in [1.29, 1.82) is 0 Å². The number of carbonyl (C=O) groups excluding carboxylic acids is 2. The number of carbonyl (C=O) groups is 2. The van der Waals surface area contributed by atoms with Crippen LogP contribution in [0.3, 0.4) is 0 Å². The highest BCUT2D eigenvalue weighted by atomic mass is 32.1. The molecule has 0 spiro atoms. The number of rotatable bonds is 6. The van der Waals surface area contributed by atoms with E-state index >= 15 is 0 Å². The second-order valence-electron chi connectivity index (χ2n) is 5.29. The lowest BCUT2D eigenvalue weighted by Gasteiger charge is -2.08. The van der Waals surface area contributed by atoms with Gasteiger partial charge in [0.1, 0.15) is 5.75 Å². The van der Waals surface area contributed by atoms with E-state index in [1.807, 2.05) is 31.4 Å². The summed E-state index contributed by atoms with van der Waals surface area (Å²) in [5.41, 5.74) is 0.359. The van der Waals surface area contributed by atoms with Gasteiger partial charge in [-0.2, -0.15) is 0 Å². The molecule has 0 aliphatic heterocycles. The van der Waals surface area contributed by atoms with Crippen LogP contribution in [-0.2, 0) is 9.53 Å². The predicted octanol–water partition coefficient (Wildman–Crippen LogP) is 4.18. The van der Waals surface area contributed by atoms with Crippen LogP contribution in [0.5, 0.6) is 5.75 Å². The maximum absolute atomic E-state index is 11.9. The SMILES string of the molecule is CC(C)COC(=O)c1cccc(OC(=O)/C=C/c2cccs2)c1. The molecule has 0 bridgehead atoms. The standard InChI is InChI=1S/C18H18O4S/c1-13(2)12-21-18(20)14-5-3-6-15(11-14)22-17(19)9-8-16-7-4-10-23-16/h3-11,13H,12H2,1-2H3/b9-8+. The Hall–Kier alpha value is -2.40. The van der Waals surface area contributed by atoms with Gasteiger partial charge in [0.25, 0.3) is 0 Å². The molecule has 0 fully saturated rings. The maximum Gasteiger partial charge on any atom is 0.338 e. The first-order valence-corrected chi connectivity index (χ1v) is 8.13. The molecular formula is C18H18O4S. The van der Waals surface area contributed by atoms with Gasteiger partial charge in [0.15, 0.2) is 0 Å². The highest BCUT2D eigenvalue weighted by Crippen LogP contribution is 2.16. The molecule has 1 aromatic heterocycles. The van der Waals surface area contributed by atoms with E-state index in [-0.39, 0.29) is 5.92 Å². The molecule has 0 saturated carbocycles. The minimum atomic E-state index is -0.494. The Morgan fingerprint density at radius 3 is 2.74 bits per heavy atom. The van der Waals surface area contributed by atoms with Crippen molar-refractivity contribution in [3.63, 3.8) is 0 Å². The lowest BCUT2D eigenvalue weighted by Crippen LogP contribution is -2.10. The molecule has 0 radical (unpaired) electrons. The minimum Gasteiger partial charge on any atom is -0.462 e. The summed E-state index contributed by atoms with van der Waals surface area (Å²) in [4.78, 5) is 24.6. The minimum absolute atomic E-state index is 0.266. The van der Waals surface area contributed by atoms with Crippen molar-refractivity contribution in [3.05, 3.63) is 58.3 Å². The molecular weight excluding hydrogens is 312 g/mol. The van der Waals surface area contributed by atoms with Crippen molar-refractivity contribution in [3.8, 4) is 5.75 Å². The molecule has 23 heavy (non-hydrogen) atoms. The number of ether oxygens (including phenoxy) is 2. The normalized spacial score (nSPS) is 10.9. The van der Waals surface area contributed by atoms with E-state index in [0.29, 0.717) is 17.9 Å². The van der Waals surface area contributed by atoms with Crippen molar-refractivity contribution in [1.82, 2.24) is 0 Å². The molecule has 1 aromatic carbocycles. The van der Waals surface area contributed by atoms with Crippen LogP contribution in [0.1, 0.15) is 29.1 Å². The van der Waals surface area contributed by atoms with Gasteiger partial charge in [0.05, 0.1) is 12.2 Å². The Labute approximate surface area is 139 Å². The van der Waals surface area contributed by atoms with Gasteiger partial charge in [-0.1, -0.05) is 26.0 Å². The fourth-order valence-corrected chi connectivity index (χ4v) is 2.32. The second kappa shape index (κ2) is 8.29. The van der Waals surface area contributed by atoms with Gasteiger partial charge in [-0.15, -0.1) is 11.3 Å². The smallest absolute Gasteiger partial charge is 0.338 e. The quantitative estimate of drug-likeness (QED) is 0.453. The highest BCUT2D eigenvalue weighted by Gasteiger charge is 2.10. The van der Waals surface area contributed by atoms with Crippen molar-refractivity contribution in [2.45, 2.75) is 13.8 Å². The second-order valence-corrected chi connectivity index (χ2v) is 6.27. The average molecular weight is 330 g/mol. The van der Waals surface area contributed by atoms with Gasteiger partial charge in [-0.05, 0) is 41.6 Å². The molecule has 0 atom stereocenters. The Morgan fingerprint density at radius 1 is 1.22 bits per heavy atom. The van der Waals surface area contributed by atoms with Gasteiger partial charge < -0.3 is 9.47 Å². The fraction of sp³-hybridized carbons (Fsp3) is 0.222. The van der Waals surface area contributed by atoms with Gasteiger partial charge in [0, 0.05) is 11.0 Å². The van der Waals surface area contributed by atoms with E-state index in [1.54, 1.807) is 24.3 Å². The Bertz CT molecular complexity index is 687. The molecule has 0 unspecified atom stereocenters. The lowest BCUT2D eigenvalue weighted by atomic mass is 10.2. The largest absolute Gasteiger partial charge is 0.462 e. The van der Waals surface area contributed by atoms with Gasteiger partial charge in [-0.25, -0.2) is 9.59 Å². The molecule has 1 heterocycles. The molecule has 0 aliphatic rings. The Morgan fingerprint density at radius 2 is 2.04 bits per heavy atom. The van der Waals surface area contributed by atoms with Crippen LogP contribution in [-0.4, -0.2) is 18.5 Å². The van der Waals surface area contributed by atoms with Crippen molar-refractivity contribution in [2.24, 2.45) is 5.92 Å². The van der Waals surface area contributed by atoms with Crippen LogP contribution in [0.4, 0.5) is 0 Å².